The average Bonchev–Trinajstić information content (AvgIpc) is 2.02. The Kier molecular flexibility index (Phi) is 1.77. The molecule has 0 aromatic carbocycles. The number of hydrogen-bond acceptors (Lipinski definition) is 4. The maximum Gasteiger partial charge on any atom is 0.223 e. The fourth-order valence-corrected chi connectivity index (χ4v) is 1.38. The Bertz CT molecular complexity index is 472. The minimum absolute atomic E-state index is 0.102. The molecule has 0 atom stereocenters. The molecule has 0 saturated heterocycles. The maximum absolute atomic E-state index is 9.47. The lowest BCUT2D eigenvalue weighted by molar-refractivity contribution is 0.457. The smallest absolute Gasteiger partial charge is 0.223 e. The Labute approximate surface area is 79.2 Å². The molecule has 2 aromatic rings. The van der Waals surface area contributed by atoms with Crippen LogP contribution in [0.25, 0.3) is 10.9 Å². The Hall–Kier alpha value is -1.42. The first-order valence-corrected chi connectivity index (χ1v) is 4.03. The molecule has 0 fully saturated rings. The highest BCUT2D eigenvalue weighted by molar-refractivity contribution is 6.35. The standard InChI is InChI=1S/C8H6ClN3O/c1-4-11-6-3-10-2-5(9)7(6)8(13)12-4/h2-3H,1H3,(H,11,12,13). The molecular formula is C8H6ClN3O. The Morgan fingerprint density at radius 2 is 2.08 bits per heavy atom. The van der Waals surface area contributed by atoms with Crippen LogP contribution in [0, 0.1) is 6.92 Å². The van der Waals surface area contributed by atoms with Gasteiger partial charge >= 0.3 is 0 Å². The van der Waals surface area contributed by atoms with Gasteiger partial charge in [-0.3, -0.25) is 4.98 Å². The van der Waals surface area contributed by atoms with Gasteiger partial charge in [0, 0.05) is 6.20 Å². The number of nitrogens with zero attached hydrogens (tertiary/aromatic N) is 3. The lowest BCUT2D eigenvalue weighted by atomic mass is 10.3. The van der Waals surface area contributed by atoms with Crippen molar-refractivity contribution in [2.75, 3.05) is 0 Å². The van der Waals surface area contributed by atoms with E-state index in [1.807, 2.05) is 0 Å². The molecule has 0 aliphatic heterocycles. The quantitative estimate of drug-likeness (QED) is 0.695. The number of aromatic hydroxyl groups is 1. The molecular weight excluding hydrogens is 190 g/mol. The minimum Gasteiger partial charge on any atom is -0.493 e. The van der Waals surface area contributed by atoms with E-state index in [0.29, 0.717) is 21.7 Å². The van der Waals surface area contributed by atoms with Crippen LogP contribution >= 0.6 is 11.6 Å². The predicted molar refractivity (Wildman–Crippen MR) is 48.7 cm³/mol. The minimum atomic E-state index is -0.102. The van der Waals surface area contributed by atoms with Crippen molar-refractivity contribution in [2.24, 2.45) is 0 Å². The van der Waals surface area contributed by atoms with E-state index in [4.69, 9.17) is 11.6 Å². The number of aromatic nitrogens is 3. The maximum atomic E-state index is 9.47. The lowest BCUT2D eigenvalue weighted by Crippen LogP contribution is -1.90. The van der Waals surface area contributed by atoms with E-state index in [9.17, 15) is 5.11 Å². The van der Waals surface area contributed by atoms with Gasteiger partial charge in [0.2, 0.25) is 5.88 Å². The van der Waals surface area contributed by atoms with Crippen molar-refractivity contribution in [1.29, 1.82) is 0 Å². The molecule has 0 saturated carbocycles. The first kappa shape index (κ1) is 8.19. The molecule has 66 valence electrons. The molecule has 2 aromatic heterocycles. The molecule has 0 bridgehead atoms. The number of aryl methyl sites for hydroxylation is 1. The van der Waals surface area contributed by atoms with Gasteiger partial charge in [0.15, 0.2) is 0 Å². The van der Waals surface area contributed by atoms with Crippen LogP contribution in [0.5, 0.6) is 5.88 Å². The van der Waals surface area contributed by atoms with Crippen molar-refractivity contribution in [1.82, 2.24) is 15.0 Å². The molecule has 1 N–H and O–H groups in total. The molecule has 13 heavy (non-hydrogen) atoms. The van der Waals surface area contributed by atoms with Gasteiger partial charge < -0.3 is 5.11 Å². The summed E-state index contributed by atoms with van der Waals surface area (Å²) in [5.41, 5.74) is 0.553. The van der Waals surface area contributed by atoms with Crippen molar-refractivity contribution < 1.29 is 5.11 Å². The topological polar surface area (TPSA) is 58.9 Å². The van der Waals surface area contributed by atoms with E-state index < -0.39 is 0 Å². The van der Waals surface area contributed by atoms with Crippen LogP contribution in [-0.2, 0) is 0 Å². The summed E-state index contributed by atoms with van der Waals surface area (Å²) in [6.45, 7) is 1.69. The van der Waals surface area contributed by atoms with E-state index in [2.05, 4.69) is 15.0 Å². The molecule has 0 aliphatic rings. The van der Waals surface area contributed by atoms with Crippen LogP contribution in [0.2, 0.25) is 5.02 Å². The van der Waals surface area contributed by atoms with Gasteiger partial charge in [-0.05, 0) is 6.92 Å². The fraction of sp³-hybridized carbons (Fsp3) is 0.125. The van der Waals surface area contributed by atoms with Crippen LogP contribution in [0.1, 0.15) is 5.82 Å². The van der Waals surface area contributed by atoms with E-state index in [1.54, 1.807) is 6.92 Å². The van der Waals surface area contributed by atoms with Gasteiger partial charge in [0.1, 0.15) is 5.82 Å². The second kappa shape index (κ2) is 2.81. The largest absolute Gasteiger partial charge is 0.493 e. The van der Waals surface area contributed by atoms with E-state index in [1.165, 1.54) is 12.4 Å². The zero-order valence-electron chi connectivity index (χ0n) is 6.82. The van der Waals surface area contributed by atoms with Crippen LogP contribution in [0.4, 0.5) is 0 Å². The van der Waals surface area contributed by atoms with Gasteiger partial charge in [0.25, 0.3) is 0 Å². The number of halogens is 1. The highest BCUT2D eigenvalue weighted by Crippen LogP contribution is 2.27. The van der Waals surface area contributed by atoms with Crippen molar-refractivity contribution >= 4 is 22.5 Å². The highest BCUT2D eigenvalue weighted by atomic mass is 35.5. The van der Waals surface area contributed by atoms with E-state index in [-0.39, 0.29) is 5.88 Å². The third kappa shape index (κ3) is 1.29. The van der Waals surface area contributed by atoms with Crippen molar-refractivity contribution in [2.45, 2.75) is 6.92 Å². The van der Waals surface area contributed by atoms with E-state index >= 15 is 0 Å². The van der Waals surface area contributed by atoms with Crippen LogP contribution in [0.15, 0.2) is 12.4 Å². The fourth-order valence-electron chi connectivity index (χ4n) is 1.14. The van der Waals surface area contributed by atoms with E-state index in [0.717, 1.165) is 0 Å². The third-order valence-corrected chi connectivity index (χ3v) is 1.94. The highest BCUT2D eigenvalue weighted by Gasteiger charge is 2.07. The summed E-state index contributed by atoms with van der Waals surface area (Å²) in [4.78, 5) is 11.7. The first-order valence-electron chi connectivity index (χ1n) is 3.65. The van der Waals surface area contributed by atoms with Gasteiger partial charge in [-0.2, -0.15) is 4.98 Å². The molecule has 0 unspecified atom stereocenters. The summed E-state index contributed by atoms with van der Waals surface area (Å²) in [7, 11) is 0. The Morgan fingerprint density at radius 1 is 1.31 bits per heavy atom. The van der Waals surface area contributed by atoms with Crippen molar-refractivity contribution in [3.05, 3.63) is 23.2 Å². The number of fused-ring (bicyclic) bond motifs is 1. The van der Waals surface area contributed by atoms with Gasteiger partial charge in [-0.1, -0.05) is 11.6 Å². The zero-order valence-corrected chi connectivity index (χ0v) is 7.58. The van der Waals surface area contributed by atoms with Gasteiger partial charge in [-0.15, -0.1) is 0 Å². The second-order valence-electron chi connectivity index (χ2n) is 2.61. The molecule has 2 heterocycles. The Balaban J connectivity index is 2.94. The monoisotopic (exact) mass is 195 g/mol. The summed E-state index contributed by atoms with van der Waals surface area (Å²) < 4.78 is 0. The van der Waals surface area contributed by atoms with Crippen LogP contribution < -0.4 is 0 Å². The third-order valence-electron chi connectivity index (χ3n) is 1.65. The predicted octanol–water partition coefficient (Wildman–Crippen LogP) is 1.69. The summed E-state index contributed by atoms with van der Waals surface area (Å²) in [5.74, 6) is 0.393. The Morgan fingerprint density at radius 3 is 2.85 bits per heavy atom. The zero-order chi connectivity index (χ0) is 9.42. The second-order valence-corrected chi connectivity index (χ2v) is 3.02. The first-order chi connectivity index (χ1) is 6.18. The molecule has 0 spiro atoms. The van der Waals surface area contributed by atoms with Crippen LogP contribution in [0.3, 0.4) is 0 Å². The van der Waals surface area contributed by atoms with Crippen LogP contribution in [-0.4, -0.2) is 20.1 Å². The number of rotatable bonds is 0. The lowest BCUT2D eigenvalue weighted by Gasteiger charge is -2.01. The SMILES string of the molecule is Cc1nc(O)c2c(Cl)cncc2n1. The van der Waals surface area contributed by atoms with Crippen molar-refractivity contribution in [3.63, 3.8) is 0 Å². The van der Waals surface area contributed by atoms with Crippen molar-refractivity contribution in [3.8, 4) is 5.88 Å². The molecule has 4 nitrogen and oxygen atoms in total. The molecule has 0 amide bonds. The summed E-state index contributed by atoms with van der Waals surface area (Å²) in [6.07, 6.45) is 2.98. The number of pyridine rings is 1. The molecule has 0 aliphatic carbocycles. The summed E-state index contributed by atoms with van der Waals surface area (Å²) >= 11 is 5.81. The van der Waals surface area contributed by atoms with Gasteiger partial charge in [0.05, 0.1) is 22.1 Å². The average molecular weight is 196 g/mol. The molecule has 0 radical (unpaired) electrons. The molecule has 2 rings (SSSR count). The summed E-state index contributed by atoms with van der Waals surface area (Å²) in [5, 5.41) is 10.3. The number of hydrogen-bond donors (Lipinski definition) is 1. The summed E-state index contributed by atoms with van der Waals surface area (Å²) in [6, 6.07) is 0. The normalized spacial score (nSPS) is 10.6. The van der Waals surface area contributed by atoms with Gasteiger partial charge in [-0.25, -0.2) is 4.98 Å². The molecule has 5 heteroatoms.